The molecule has 162 valence electrons. The zero-order chi connectivity index (χ0) is 21.3. The minimum Gasteiger partial charge on any atom is -0.494 e. The van der Waals surface area contributed by atoms with E-state index >= 15 is 0 Å². The van der Waals surface area contributed by atoms with Crippen LogP contribution in [0.4, 0.5) is 5.69 Å². The van der Waals surface area contributed by atoms with Gasteiger partial charge in [0.15, 0.2) is 0 Å². The van der Waals surface area contributed by atoms with Crippen LogP contribution in [0.25, 0.3) is 10.6 Å². The zero-order valence-electron chi connectivity index (χ0n) is 17.4. The number of anilines is 1. The largest absolute Gasteiger partial charge is 0.494 e. The third kappa shape index (κ3) is 6.58. The number of nitrogens with one attached hydrogen (secondary N) is 2. The summed E-state index contributed by atoms with van der Waals surface area (Å²) in [5.41, 5.74) is 2.56. The molecule has 7 nitrogen and oxygen atoms in total. The number of benzene rings is 1. The Balaban J connectivity index is 1.23. The topological polar surface area (TPSA) is 79.4 Å². The van der Waals surface area contributed by atoms with Gasteiger partial charge in [0, 0.05) is 44.3 Å². The molecule has 8 heteroatoms. The third-order valence-corrected chi connectivity index (χ3v) is 6.03. The van der Waals surface area contributed by atoms with Gasteiger partial charge in [0.25, 0.3) is 0 Å². The average molecular weight is 438 g/mol. The van der Waals surface area contributed by atoms with Crippen molar-refractivity contribution in [1.29, 1.82) is 0 Å². The van der Waals surface area contributed by atoms with Crippen LogP contribution in [-0.2, 0) is 11.2 Å². The van der Waals surface area contributed by atoms with Crippen molar-refractivity contribution in [2.45, 2.75) is 12.8 Å². The van der Waals surface area contributed by atoms with Crippen molar-refractivity contribution in [3.05, 3.63) is 59.9 Å². The van der Waals surface area contributed by atoms with E-state index in [1.165, 1.54) is 6.33 Å². The molecule has 1 saturated heterocycles. The molecule has 1 amide bonds. The van der Waals surface area contributed by atoms with Crippen LogP contribution in [0.2, 0.25) is 0 Å². The van der Waals surface area contributed by atoms with E-state index in [0.717, 1.165) is 66.7 Å². The number of aromatic nitrogens is 2. The summed E-state index contributed by atoms with van der Waals surface area (Å²) < 4.78 is 5.91. The van der Waals surface area contributed by atoms with E-state index in [-0.39, 0.29) is 5.91 Å². The molecular weight excluding hydrogens is 410 g/mol. The van der Waals surface area contributed by atoms with Crippen LogP contribution in [-0.4, -0.2) is 60.1 Å². The van der Waals surface area contributed by atoms with E-state index in [4.69, 9.17) is 4.74 Å². The Kier molecular flexibility index (Phi) is 7.60. The molecule has 2 N–H and O–H groups in total. The molecule has 0 unspecified atom stereocenters. The maximum atomic E-state index is 12.5. The first kappa shape index (κ1) is 21.4. The van der Waals surface area contributed by atoms with Gasteiger partial charge < -0.3 is 20.3 Å². The predicted molar refractivity (Wildman–Crippen MR) is 124 cm³/mol. The lowest BCUT2D eigenvalue weighted by Crippen LogP contribution is -2.43. The second-order valence-corrected chi connectivity index (χ2v) is 8.37. The van der Waals surface area contributed by atoms with Crippen molar-refractivity contribution in [2.75, 3.05) is 44.6 Å². The van der Waals surface area contributed by atoms with Gasteiger partial charge in [0.2, 0.25) is 5.91 Å². The molecule has 0 spiro atoms. The highest BCUT2D eigenvalue weighted by molar-refractivity contribution is 7.14. The van der Waals surface area contributed by atoms with Gasteiger partial charge in [-0.1, -0.05) is 12.1 Å². The molecule has 3 heterocycles. The predicted octanol–water partition coefficient (Wildman–Crippen LogP) is 3.06. The fourth-order valence-corrected chi connectivity index (χ4v) is 4.34. The molecule has 0 aliphatic carbocycles. The third-order valence-electron chi connectivity index (χ3n) is 5.08. The van der Waals surface area contributed by atoms with E-state index in [2.05, 4.69) is 25.5 Å². The molecule has 0 saturated carbocycles. The first-order valence-corrected chi connectivity index (χ1v) is 11.4. The number of carbonyl (C=O) groups is 1. The Morgan fingerprint density at radius 2 is 2.13 bits per heavy atom. The van der Waals surface area contributed by atoms with Crippen LogP contribution >= 0.6 is 11.3 Å². The Bertz CT molecular complexity index is 973. The Morgan fingerprint density at radius 1 is 1.23 bits per heavy atom. The summed E-state index contributed by atoms with van der Waals surface area (Å²) in [6.45, 7) is 6.09. The van der Waals surface area contributed by atoms with E-state index in [9.17, 15) is 4.79 Å². The summed E-state index contributed by atoms with van der Waals surface area (Å²) in [7, 11) is 0. The first-order valence-electron chi connectivity index (χ1n) is 10.6. The summed E-state index contributed by atoms with van der Waals surface area (Å²) in [4.78, 5) is 24.1. The Hall–Kier alpha value is -2.81. The lowest BCUT2D eigenvalue weighted by atomic mass is 10.1. The number of hydrogen-bond acceptors (Lipinski definition) is 7. The summed E-state index contributed by atoms with van der Waals surface area (Å²) in [5, 5.41) is 8.26. The number of ether oxygens (including phenoxy) is 1. The van der Waals surface area contributed by atoms with Crippen LogP contribution in [0.5, 0.6) is 5.75 Å². The van der Waals surface area contributed by atoms with Crippen molar-refractivity contribution in [2.24, 2.45) is 0 Å². The van der Waals surface area contributed by atoms with Crippen LogP contribution in [0.3, 0.4) is 0 Å². The summed E-state index contributed by atoms with van der Waals surface area (Å²) in [6, 6.07) is 11.6. The lowest BCUT2D eigenvalue weighted by Gasteiger charge is -2.26. The van der Waals surface area contributed by atoms with Crippen molar-refractivity contribution in [3.8, 4) is 16.3 Å². The number of rotatable bonds is 9. The molecule has 31 heavy (non-hydrogen) atoms. The molecule has 4 rings (SSSR count). The molecular formula is C23H27N5O2S. The molecule has 2 aromatic heterocycles. The van der Waals surface area contributed by atoms with Gasteiger partial charge in [-0.2, -0.15) is 0 Å². The molecule has 3 aromatic rings. The summed E-state index contributed by atoms with van der Waals surface area (Å²) in [5.74, 6) is 0.759. The van der Waals surface area contributed by atoms with Crippen LogP contribution in [0.1, 0.15) is 12.0 Å². The van der Waals surface area contributed by atoms with E-state index in [0.29, 0.717) is 13.0 Å². The number of carbonyl (C=O) groups excluding carboxylic acids is 1. The summed E-state index contributed by atoms with van der Waals surface area (Å²) in [6.07, 6.45) is 4.53. The maximum Gasteiger partial charge on any atom is 0.228 e. The van der Waals surface area contributed by atoms with Gasteiger partial charge in [0.1, 0.15) is 12.1 Å². The fourth-order valence-electron chi connectivity index (χ4n) is 3.52. The summed E-state index contributed by atoms with van der Waals surface area (Å²) >= 11 is 1.54. The van der Waals surface area contributed by atoms with Crippen LogP contribution in [0.15, 0.2) is 54.3 Å². The van der Waals surface area contributed by atoms with Gasteiger partial charge in [-0.3, -0.25) is 4.79 Å². The maximum absolute atomic E-state index is 12.5. The smallest absolute Gasteiger partial charge is 0.228 e. The van der Waals surface area contributed by atoms with Crippen LogP contribution < -0.4 is 15.4 Å². The van der Waals surface area contributed by atoms with Crippen molar-refractivity contribution < 1.29 is 9.53 Å². The molecule has 1 fully saturated rings. The van der Waals surface area contributed by atoms with E-state index in [1.807, 2.05) is 41.8 Å². The SMILES string of the molecule is O=C(Cc1cccc(OCCCN2CCNCC2)c1)Nc1csc(-c2ccncn2)c1. The number of thiophene rings is 1. The van der Waals surface area contributed by atoms with E-state index in [1.54, 1.807) is 17.5 Å². The van der Waals surface area contributed by atoms with Gasteiger partial charge >= 0.3 is 0 Å². The Morgan fingerprint density at radius 3 is 2.97 bits per heavy atom. The molecule has 1 aromatic carbocycles. The minimum absolute atomic E-state index is 0.0529. The molecule has 0 bridgehead atoms. The second kappa shape index (κ2) is 11.0. The van der Waals surface area contributed by atoms with Crippen molar-refractivity contribution >= 4 is 22.9 Å². The van der Waals surface area contributed by atoms with Gasteiger partial charge in [-0.25, -0.2) is 9.97 Å². The lowest BCUT2D eigenvalue weighted by molar-refractivity contribution is -0.115. The monoisotopic (exact) mass is 437 g/mol. The van der Waals surface area contributed by atoms with Crippen molar-refractivity contribution in [3.63, 3.8) is 0 Å². The van der Waals surface area contributed by atoms with Gasteiger partial charge in [-0.15, -0.1) is 11.3 Å². The number of nitrogens with zero attached hydrogens (tertiary/aromatic N) is 3. The average Bonchev–Trinajstić information content (AvgIpc) is 3.27. The highest BCUT2D eigenvalue weighted by Gasteiger charge is 2.10. The molecule has 0 atom stereocenters. The van der Waals surface area contributed by atoms with Crippen LogP contribution in [0, 0.1) is 0 Å². The normalized spacial score (nSPS) is 14.3. The molecule has 0 radical (unpaired) electrons. The highest BCUT2D eigenvalue weighted by Crippen LogP contribution is 2.28. The fraction of sp³-hybridized carbons (Fsp3) is 0.348. The minimum atomic E-state index is -0.0529. The zero-order valence-corrected chi connectivity index (χ0v) is 18.2. The standard InChI is InChI=1S/C23H27N5O2S/c29-23(27-19-15-22(31-16-19)21-5-6-25-17-26-21)14-18-3-1-4-20(13-18)30-12-2-9-28-10-7-24-8-11-28/h1,3-6,13,15-17,24H,2,7-12,14H2,(H,27,29). The Labute approximate surface area is 186 Å². The highest BCUT2D eigenvalue weighted by atomic mass is 32.1. The number of hydrogen-bond donors (Lipinski definition) is 2. The van der Waals surface area contributed by atoms with E-state index < -0.39 is 0 Å². The van der Waals surface area contributed by atoms with Gasteiger partial charge in [-0.05, 0) is 36.2 Å². The second-order valence-electron chi connectivity index (χ2n) is 7.46. The van der Waals surface area contributed by atoms with Gasteiger partial charge in [0.05, 0.1) is 29.3 Å². The quantitative estimate of drug-likeness (QED) is 0.501. The number of amides is 1. The molecule has 1 aliphatic rings. The van der Waals surface area contributed by atoms with Crippen molar-refractivity contribution in [1.82, 2.24) is 20.2 Å². The first-order chi connectivity index (χ1) is 15.3. The number of piperazine rings is 1. The molecule has 1 aliphatic heterocycles.